The third-order valence-corrected chi connectivity index (χ3v) is 5.51. The molecule has 0 bridgehead atoms. The van der Waals surface area contributed by atoms with E-state index in [2.05, 4.69) is 10.2 Å². The van der Waals surface area contributed by atoms with E-state index in [9.17, 15) is 8.78 Å². The van der Waals surface area contributed by atoms with Crippen LogP contribution >= 0.6 is 23.4 Å². The lowest BCUT2D eigenvalue weighted by Crippen LogP contribution is -2.16. The lowest BCUT2D eigenvalue weighted by molar-refractivity contribution is 0.154. The molecule has 3 rings (SSSR count). The maximum absolute atomic E-state index is 14.1. The summed E-state index contributed by atoms with van der Waals surface area (Å²) in [6.07, 6.45) is 0. The fourth-order valence-corrected chi connectivity index (χ4v) is 4.17. The summed E-state index contributed by atoms with van der Waals surface area (Å²) in [6.45, 7) is 2.39. The molecule has 0 fully saturated rings. The van der Waals surface area contributed by atoms with E-state index < -0.39 is 5.82 Å². The molecule has 0 saturated heterocycles. The first-order valence-electron chi connectivity index (χ1n) is 8.87. The second-order valence-corrected chi connectivity index (χ2v) is 7.63. The van der Waals surface area contributed by atoms with Gasteiger partial charge in [-0.25, -0.2) is 8.78 Å². The summed E-state index contributed by atoms with van der Waals surface area (Å²) in [5.41, 5.74) is 0.400. The quantitative estimate of drug-likeness (QED) is 0.424. The minimum Gasteiger partial charge on any atom is -0.483 e. The van der Waals surface area contributed by atoms with Gasteiger partial charge in [0.1, 0.15) is 12.4 Å². The van der Waals surface area contributed by atoms with Gasteiger partial charge in [-0.05, 0) is 31.2 Å². The van der Waals surface area contributed by atoms with Crippen molar-refractivity contribution < 1.29 is 18.3 Å². The summed E-state index contributed by atoms with van der Waals surface area (Å²) in [5.74, 6) is 0.113. The number of nitrogens with zero attached hydrogens (tertiary/aromatic N) is 3. The maximum atomic E-state index is 14.1. The minimum absolute atomic E-state index is 0.0308. The third kappa shape index (κ3) is 5.26. The van der Waals surface area contributed by atoms with E-state index >= 15 is 0 Å². The van der Waals surface area contributed by atoms with Gasteiger partial charge < -0.3 is 9.47 Å². The monoisotopic (exact) mass is 439 g/mol. The van der Waals surface area contributed by atoms with Gasteiger partial charge in [-0.1, -0.05) is 41.6 Å². The zero-order chi connectivity index (χ0) is 20.8. The van der Waals surface area contributed by atoms with Crippen LogP contribution in [-0.2, 0) is 17.1 Å². The Labute approximate surface area is 177 Å². The number of benzene rings is 2. The molecule has 0 N–H and O–H groups in total. The second-order valence-electron chi connectivity index (χ2n) is 6.28. The zero-order valence-corrected chi connectivity index (χ0v) is 17.5. The van der Waals surface area contributed by atoms with Crippen LogP contribution in [0.15, 0.2) is 47.6 Å². The fraction of sp³-hybridized carbons (Fsp3) is 0.300. The smallest absolute Gasteiger partial charge is 0.191 e. The lowest BCUT2D eigenvalue weighted by atomic mass is 10.2. The van der Waals surface area contributed by atoms with Crippen molar-refractivity contribution in [3.8, 4) is 5.75 Å². The third-order valence-electron chi connectivity index (χ3n) is 4.18. The number of hydrogen-bond donors (Lipinski definition) is 0. The van der Waals surface area contributed by atoms with Gasteiger partial charge in [-0.15, -0.1) is 10.2 Å². The lowest BCUT2D eigenvalue weighted by Gasteiger charge is -2.17. The average molecular weight is 440 g/mol. The van der Waals surface area contributed by atoms with E-state index in [0.717, 1.165) is 0 Å². The zero-order valence-electron chi connectivity index (χ0n) is 15.9. The molecule has 1 aromatic heterocycles. The van der Waals surface area contributed by atoms with Crippen LogP contribution < -0.4 is 4.74 Å². The van der Waals surface area contributed by atoms with Crippen molar-refractivity contribution in [2.45, 2.75) is 30.5 Å². The van der Waals surface area contributed by atoms with Crippen molar-refractivity contribution in [1.29, 1.82) is 0 Å². The number of methoxy groups -OCH3 is 1. The van der Waals surface area contributed by atoms with Gasteiger partial charge in [0.25, 0.3) is 0 Å². The Morgan fingerprint density at radius 3 is 2.59 bits per heavy atom. The molecule has 5 nitrogen and oxygen atoms in total. The van der Waals surface area contributed by atoms with Gasteiger partial charge in [0.15, 0.2) is 22.5 Å². The Morgan fingerprint density at radius 2 is 1.86 bits per heavy atom. The molecule has 2 aromatic carbocycles. The number of halogens is 3. The predicted molar refractivity (Wildman–Crippen MR) is 108 cm³/mol. The SMILES string of the molecule is COCC(C)n1c(COc2ccccc2F)nnc1SCc1c(F)cccc1Cl. The minimum atomic E-state index is -0.452. The number of hydrogen-bond acceptors (Lipinski definition) is 5. The molecule has 0 amide bonds. The molecule has 0 radical (unpaired) electrons. The summed E-state index contributed by atoms with van der Waals surface area (Å²) in [4.78, 5) is 0. The van der Waals surface area contributed by atoms with E-state index in [1.165, 1.54) is 23.9 Å². The van der Waals surface area contributed by atoms with Gasteiger partial charge in [0.05, 0.1) is 12.6 Å². The Balaban J connectivity index is 1.81. The number of aromatic nitrogens is 3. The molecule has 0 spiro atoms. The molecule has 9 heteroatoms. The fourth-order valence-electron chi connectivity index (χ4n) is 2.77. The van der Waals surface area contributed by atoms with Crippen LogP contribution in [0.5, 0.6) is 5.75 Å². The van der Waals surface area contributed by atoms with Crippen LogP contribution in [0.3, 0.4) is 0 Å². The van der Waals surface area contributed by atoms with Crippen molar-refractivity contribution in [2.75, 3.05) is 13.7 Å². The van der Waals surface area contributed by atoms with E-state index in [-0.39, 0.29) is 30.0 Å². The first-order valence-corrected chi connectivity index (χ1v) is 10.2. The summed E-state index contributed by atoms with van der Waals surface area (Å²) in [7, 11) is 1.60. The maximum Gasteiger partial charge on any atom is 0.191 e. The Morgan fingerprint density at radius 1 is 1.10 bits per heavy atom. The van der Waals surface area contributed by atoms with Crippen molar-refractivity contribution >= 4 is 23.4 Å². The van der Waals surface area contributed by atoms with Crippen LogP contribution in [0, 0.1) is 11.6 Å². The van der Waals surface area contributed by atoms with Crippen molar-refractivity contribution in [2.24, 2.45) is 0 Å². The Hall–Kier alpha value is -2.16. The molecule has 29 heavy (non-hydrogen) atoms. The summed E-state index contributed by atoms with van der Waals surface area (Å²) >= 11 is 7.42. The van der Waals surface area contributed by atoms with E-state index in [0.29, 0.717) is 28.2 Å². The Kier molecular flexibility index (Phi) is 7.46. The van der Waals surface area contributed by atoms with Crippen LogP contribution in [0.1, 0.15) is 24.4 Å². The van der Waals surface area contributed by atoms with Crippen LogP contribution in [0.25, 0.3) is 0 Å². The van der Waals surface area contributed by atoms with E-state index in [4.69, 9.17) is 21.1 Å². The predicted octanol–water partition coefficient (Wildman–Crippen LogP) is 5.29. The standard InChI is InChI=1S/C20H20ClF2N3O2S/c1-13(10-27-2)26-19(11-28-18-9-4-3-7-17(18)23)24-25-20(26)29-12-14-15(21)6-5-8-16(14)22/h3-9,13H,10-12H2,1-2H3. The molecule has 154 valence electrons. The summed E-state index contributed by atoms with van der Waals surface area (Å²) < 4.78 is 40.6. The summed E-state index contributed by atoms with van der Waals surface area (Å²) in [6, 6.07) is 10.6. The molecule has 1 atom stereocenters. The van der Waals surface area contributed by atoms with E-state index in [1.54, 1.807) is 37.4 Å². The van der Waals surface area contributed by atoms with Gasteiger partial charge in [-0.2, -0.15) is 0 Å². The second kappa shape index (κ2) is 10.0. The van der Waals surface area contributed by atoms with E-state index in [1.807, 2.05) is 11.5 Å². The highest BCUT2D eigenvalue weighted by Gasteiger charge is 2.20. The Bertz CT molecular complexity index is 950. The van der Waals surface area contributed by atoms with Crippen molar-refractivity contribution in [3.05, 3.63) is 70.5 Å². The first-order chi connectivity index (χ1) is 14.0. The topological polar surface area (TPSA) is 49.2 Å². The van der Waals surface area contributed by atoms with Crippen LogP contribution in [0.2, 0.25) is 5.02 Å². The molecule has 3 aromatic rings. The molecule has 0 aliphatic rings. The number of thioether (sulfide) groups is 1. The molecular formula is C20H20ClF2N3O2S. The largest absolute Gasteiger partial charge is 0.483 e. The number of ether oxygens (including phenoxy) is 2. The molecule has 0 saturated carbocycles. The summed E-state index contributed by atoms with van der Waals surface area (Å²) in [5, 5.41) is 9.32. The van der Waals surface area contributed by atoms with Crippen LogP contribution in [0.4, 0.5) is 8.78 Å². The average Bonchev–Trinajstić information content (AvgIpc) is 3.10. The molecule has 0 aliphatic heterocycles. The van der Waals surface area contributed by atoms with Crippen molar-refractivity contribution in [3.63, 3.8) is 0 Å². The van der Waals surface area contributed by atoms with Gasteiger partial charge in [0, 0.05) is 23.4 Å². The highest BCUT2D eigenvalue weighted by Crippen LogP contribution is 2.30. The van der Waals surface area contributed by atoms with Gasteiger partial charge in [-0.3, -0.25) is 4.57 Å². The molecule has 0 aliphatic carbocycles. The molecular weight excluding hydrogens is 420 g/mol. The normalized spacial score (nSPS) is 12.2. The first kappa shape index (κ1) is 21.5. The number of rotatable bonds is 9. The van der Waals surface area contributed by atoms with Crippen molar-refractivity contribution in [1.82, 2.24) is 14.8 Å². The number of para-hydroxylation sites is 1. The van der Waals surface area contributed by atoms with Crippen LogP contribution in [-0.4, -0.2) is 28.5 Å². The van der Waals surface area contributed by atoms with Gasteiger partial charge in [0.2, 0.25) is 0 Å². The van der Waals surface area contributed by atoms with Gasteiger partial charge >= 0.3 is 0 Å². The molecule has 1 heterocycles. The highest BCUT2D eigenvalue weighted by molar-refractivity contribution is 7.98. The molecule has 1 unspecified atom stereocenters. The highest BCUT2D eigenvalue weighted by atomic mass is 35.5.